The maximum atomic E-state index is 6.29. The zero-order chi connectivity index (χ0) is 13.6. The molecule has 1 atom stereocenters. The maximum absolute atomic E-state index is 6.29. The first-order chi connectivity index (χ1) is 9.76. The van der Waals surface area contributed by atoms with Gasteiger partial charge in [0.1, 0.15) is 5.58 Å². The molecule has 0 saturated carbocycles. The molecule has 1 N–H and O–H groups in total. The molecule has 3 nitrogen and oxygen atoms in total. The van der Waals surface area contributed by atoms with Gasteiger partial charge in [0.25, 0.3) is 0 Å². The summed E-state index contributed by atoms with van der Waals surface area (Å²) in [6.45, 7) is 5.58. The van der Waals surface area contributed by atoms with E-state index in [1.165, 1.54) is 32.5 Å². The summed E-state index contributed by atoms with van der Waals surface area (Å²) in [6, 6.07) is 8.12. The van der Waals surface area contributed by atoms with Crippen molar-refractivity contribution < 1.29 is 4.42 Å². The molecule has 1 unspecified atom stereocenters. The Balaban J connectivity index is 0.00000132. The van der Waals surface area contributed by atoms with Crippen LogP contribution in [0.15, 0.2) is 28.7 Å². The minimum atomic E-state index is 0. The van der Waals surface area contributed by atoms with Gasteiger partial charge in [0, 0.05) is 30.6 Å². The van der Waals surface area contributed by atoms with Crippen LogP contribution in [0.25, 0.3) is 11.0 Å². The van der Waals surface area contributed by atoms with E-state index in [1.54, 1.807) is 0 Å². The Labute approximate surface area is 136 Å². The van der Waals surface area contributed by atoms with Crippen molar-refractivity contribution in [2.24, 2.45) is 5.41 Å². The molecule has 114 valence electrons. The Kier molecular flexibility index (Phi) is 4.19. The van der Waals surface area contributed by atoms with E-state index in [0.717, 1.165) is 29.6 Å². The van der Waals surface area contributed by atoms with Gasteiger partial charge in [0.2, 0.25) is 0 Å². The number of halogens is 2. The van der Waals surface area contributed by atoms with Crippen molar-refractivity contribution in [1.82, 2.24) is 10.2 Å². The number of rotatable bonds is 2. The van der Waals surface area contributed by atoms with Crippen LogP contribution in [0.5, 0.6) is 0 Å². The van der Waals surface area contributed by atoms with Crippen LogP contribution in [0, 0.1) is 5.41 Å². The molecular weight excluding hydrogens is 307 g/mol. The van der Waals surface area contributed by atoms with Crippen molar-refractivity contribution in [3.05, 3.63) is 35.0 Å². The number of hydrogen-bond donors (Lipinski definition) is 1. The molecule has 21 heavy (non-hydrogen) atoms. The zero-order valence-electron chi connectivity index (χ0n) is 11.9. The fourth-order valence-corrected chi connectivity index (χ4v) is 3.99. The largest absolute Gasteiger partial charge is 0.444 e. The average molecular weight is 327 g/mol. The maximum Gasteiger partial charge on any atom is 0.199 e. The normalized spacial score (nSPS) is 25.8. The molecule has 1 spiro atoms. The number of hydrogen-bond acceptors (Lipinski definition) is 3. The predicted octanol–water partition coefficient (Wildman–Crippen LogP) is 3.69. The molecule has 2 aliphatic rings. The molecular formula is C16H20Cl2N2O. The Morgan fingerprint density at radius 2 is 2.14 bits per heavy atom. The molecule has 2 fully saturated rings. The van der Waals surface area contributed by atoms with Crippen molar-refractivity contribution in [3.63, 3.8) is 0 Å². The molecule has 0 radical (unpaired) electrons. The molecule has 0 amide bonds. The topological polar surface area (TPSA) is 28.4 Å². The number of para-hydroxylation sites is 1. The van der Waals surface area contributed by atoms with Gasteiger partial charge in [0.15, 0.2) is 5.22 Å². The van der Waals surface area contributed by atoms with E-state index in [-0.39, 0.29) is 12.4 Å². The Hall–Kier alpha value is -0.740. The van der Waals surface area contributed by atoms with E-state index in [9.17, 15) is 0 Å². The minimum Gasteiger partial charge on any atom is -0.444 e. The summed E-state index contributed by atoms with van der Waals surface area (Å²) in [4.78, 5) is 2.52. The lowest BCUT2D eigenvalue weighted by atomic mass is 9.86. The molecule has 1 aromatic carbocycles. The fraction of sp³-hybridized carbons (Fsp3) is 0.500. The second-order valence-corrected chi connectivity index (χ2v) is 6.58. The molecule has 2 aliphatic heterocycles. The van der Waals surface area contributed by atoms with E-state index < -0.39 is 0 Å². The third kappa shape index (κ3) is 2.68. The van der Waals surface area contributed by atoms with Gasteiger partial charge in [-0.05, 0) is 49.0 Å². The Morgan fingerprint density at radius 1 is 1.29 bits per heavy atom. The van der Waals surface area contributed by atoms with E-state index in [4.69, 9.17) is 16.0 Å². The van der Waals surface area contributed by atoms with Crippen LogP contribution in [-0.2, 0) is 6.54 Å². The predicted molar refractivity (Wildman–Crippen MR) is 88.3 cm³/mol. The van der Waals surface area contributed by atoms with Gasteiger partial charge in [-0.25, -0.2) is 0 Å². The zero-order valence-corrected chi connectivity index (χ0v) is 13.5. The first-order valence-corrected chi connectivity index (χ1v) is 7.73. The number of likely N-dealkylation sites (tertiary alicyclic amines) is 1. The second kappa shape index (κ2) is 5.81. The summed E-state index contributed by atoms with van der Waals surface area (Å²) >= 11 is 6.29. The van der Waals surface area contributed by atoms with Gasteiger partial charge in [-0.1, -0.05) is 18.2 Å². The van der Waals surface area contributed by atoms with Gasteiger partial charge in [0.05, 0.1) is 0 Å². The van der Waals surface area contributed by atoms with Crippen LogP contribution in [0.4, 0.5) is 0 Å². The van der Waals surface area contributed by atoms with Crippen LogP contribution in [0.1, 0.15) is 18.4 Å². The summed E-state index contributed by atoms with van der Waals surface area (Å²) < 4.78 is 5.65. The monoisotopic (exact) mass is 326 g/mol. The first kappa shape index (κ1) is 15.2. The molecule has 4 rings (SSSR count). The van der Waals surface area contributed by atoms with Crippen molar-refractivity contribution in [2.75, 3.05) is 26.2 Å². The summed E-state index contributed by atoms with van der Waals surface area (Å²) in [5.41, 5.74) is 2.54. The Bertz CT molecular complexity index is 634. The summed E-state index contributed by atoms with van der Waals surface area (Å²) in [6.07, 6.45) is 2.61. The lowest BCUT2D eigenvalue weighted by molar-refractivity contribution is 0.268. The smallest absolute Gasteiger partial charge is 0.199 e. The fourth-order valence-electron chi connectivity index (χ4n) is 3.75. The van der Waals surface area contributed by atoms with Gasteiger partial charge in [-0.2, -0.15) is 0 Å². The molecule has 0 bridgehead atoms. The third-order valence-corrected chi connectivity index (χ3v) is 5.19. The highest BCUT2D eigenvalue weighted by Gasteiger charge is 2.40. The highest BCUT2D eigenvalue weighted by atomic mass is 35.5. The molecule has 3 heterocycles. The quantitative estimate of drug-likeness (QED) is 0.912. The molecule has 5 heteroatoms. The van der Waals surface area contributed by atoms with Crippen LogP contribution < -0.4 is 5.32 Å². The second-order valence-electron chi connectivity index (χ2n) is 6.24. The van der Waals surface area contributed by atoms with Crippen LogP contribution in [0.2, 0.25) is 5.22 Å². The standard InChI is InChI=1S/C16H19ClN2O.ClH/c17-15-13(12-3-1-2-4-14(12)20-15)9-19-8-6-16(11-19)5-7-18-10-16;/h1-4,18H,5-11H2;1H. The first-order valence-electron chi connectivity index (χ1n) is 7.35. The highest BCUT2D eigenvalue weighted by Crippen LogP contribution is 2.38. The Morgan fingerprint density at radius 3 is 2.95 bits per heavy atom. The van der Waals surface area contributed by atoms with Crippen LogP contribution >= 0.6 is 24.0 Å². The van der Waals surface area contributed by atoms with E-state index in [0.29, 0.717) is 10.6 Å². The number of fused-ring (bicyclic) bond motifs is 1. The number of benzene rings is 1. The van der Waals surface area contributed by atoms with Gasteiger partial charge < -0.3 is 9.73 Å². The highest BCUT2D eigenvalue weighted by molar-refractivity contribution is 6.30. The number of nitrogens with one attached hydrogen (secondary N) is 1. The minimum absolute atomic E-state index is 0. The van der Waals surface area contributed by atoms with Gasteiger partial charge in [-0.3, -0.25) is 4.90 Å². The summed E-state index contributed by atoms with van der Waals surface area (Å²) in [5.74, 6) is 0. The number of nitrogens with zero attached hydrogens (tertiary/aromatic N) is 1. The van der Waals surface area contributed by atoms with Crippen molar-refractivity contribution in [2.45, 2.75) is 19.4 Å². The average Bonchev–Trinajstić information content (AvgIpc) is 3.14. The molecule has 0 aliphatic carbocycles. The van der Waals surface area contributed by atoms with Crippen LogP contribution in [0.3, 0.4) is 0 Å². The molecule has 2 aromatic rings. The molecule has 2 saturated heterocycles. The van der Waals surface area contributed by atoms with Crippen LogP contribution in [-0.4, -0.2) is 31.1 Å². The number of furan rings is 1. The summed E-state index contributed by atoms with van der Waals surface area (Å²) in [7, 11) is 0. The van der Waals surface area contributed by atoms with Gasteiger partial charge in [-0.15, -0.1) is 12.4 Å². The van der Waals surface area contributed by atoms with Crippen molar-refractivity contribution in [1.29, 1.82) is 0 Å². The van der Waals surface area contributed by atoms with E-state index in [2.05, 4.69) is 16.3 Å². The van der Waals surface area contributed by atoms with Gasteiger partial charge >= 0.3 is 0 Å². The lowest BCUT2D eigenvalue weighted by Crippen LogP contribution is -2.28. The summed E-state index contributed by atoms with van der Waals surface area (Å²) in [5, 5.41) is 5.21. The van der Waals surface area contributed by atoms with E-state index >= 15 is 0 Å². The third-order valence-electron chi connectivity index (χ3n) is 4.88. The lowest BCUT2D eigenvalue weighted by Gasteiger charge is -2.22. The SMILES string of the molecule is Cl.Clc1oc2ccccc2c1CN1CCC2(CCNC2)C1. The van der Waals surface area contributed by atoms with E-state index in [1.807, 2.05) is 18.2 Å². The molecule has 1 aromatic heterocycles. The van der Waals surface area contributed by atoms with Crippen molar-refractivity contribution in [3.8, 4) is 0 Å². The van der Waals surface area contributed by atoms with Crippen molar-refractivity contribution >= 4 is 35.0 Å².